The Morgan fingerprint density at radius 1 is 1.16 bits per heavy atom. The number of aliphatic hydroxyl groups excluding tert-OH is 1. The first-order valence-electron chi connectivity index (χ1n) is 7.95. The third-order valence-electron chi connectivity index (χ3n) is 4.28. The number of β-amino-alcohol motifs (C(OH)–C–C–N with tert-alkyl or cyclic N) is 1. The van der Waals surface area contributed by atoms with Gasteiger partial charge in [-0.25, -0.2) is 9.07 Å². The van der Waals surface area contributed by atoms with Crippen molar-refractivity contribution in [3.05, 3.63) is 60.2 Å². The summed E-state index contributed by atoms with van der Waals surface area (Å²) in [7, 11) is 0. The molecule has 1 aliphatic rings. The lowest BCUT2D eigenvalue weighted by Crippen LogP contribution is -2.26. The molecule has 1 aromatic carbocycles. The van der Waals surface area contributed by atoms with Crippen LogP contribution in [0, 0.1) is 5.82 Å². The minimum absolute atomic E-state index is 0.115. The lowest BCUT2D eigenvalue weighted by molar-refractivity contribution is 0.194. The Hall–Kier alpha value is -3.00. The van der Waals surface area contributed by atoms with Crippen LogP contribution in [0.25, 0.3) is 5.82 Å². The van der Waals surface area contributed by atoms with Gasteiger partial charge in [-0.05, 0) is 30.2 Å². The van der Waals surface area contributed by atoms with Crippen molar-refractivity contribution >= 4 is 11.8 Å². The van der Waals surface area contributed by atoms with Gasteiger partial charge >= 0.3 is 0 Å². The number of nitrogen functional groups attached to an aromatic ring is 1. The zero-order chi connectivity index (χ0) is 17.4. The average Bonchev–Trinajstić information content (AvgIpc) is 3.25. The number of nitrogens with two attached hydrogens (primary N) is 1. The summed E-state index contributed by atoms with van der Waals surface area (Å²) in [5, 5.41) is 14.3. The number of rotatable bonds is 3. The van der Waals surface area contributed by atoms with E-state index in [1.165, 1.54) is 12.1 Å². The number of hydrogen-bond donors (Lipinski definition) is 2. The molecule has 0 saturated carbocycles. The number of nitrogens with zero attached hydrogens (tertiary/aromatic N) is 5. The predicted octanol–water partition coefficient (Wildman–Crippen LogP) is 1.70. The van der Waals surface area contributed by atoms with E-state index in [2.05, 4.69) is 15.1 Å². The Labute approximate surface area is 143 Å². The van der Waals surface area contributed by atoms with Crippen LogP contribution < -0.4 is 10.6 Å². The Kier molecular flexibility index (Phi) is 3.81. The Morgan fingerprint density at radius 2 is 1.92 bits per heavy atom. The van der Waals surface area contributed by atoms with Gasteiger partial charge in [0, 0.05) is 25.0 Å². The highest BCUT2D eigenvalue weighted by Gasteiger charge is 2.33. The maximum Gasteiger partial charge on any atom is 0.224 e. The first kappa shape index (κ1) is 15.5. The van der Waals surface area contributed by atoms with Gasteiger partial charge in [0.05, 0.1) is 12.1 Å². The van der Waals surface area contributed by atoms with Crippen molar-refractivity contribution < 1.29 is 9.50 Å². The van der Waals surface area contributed by atoms with Gasteiger partial charge in [-0.15, -0.1) is 0 Å². The molecule has 3 aromatic rings. The van der Waals surface area contributed by atoms with Crippen LogP contribution in [0.15, 0.2) is 48.8 Å². The Morgan fingerprint density at radius 3 is 2.64 bits per heavy atom. The monoisotopic (exact) mass is 340 g/mol. The minimum Gasteiger partial charge on any atom is -0.391 e. The van der Waals surface area contributed by atoms with Crippen molar-refractivity contribution in [3.8, 4) is 5.82 Å². The zero-order valence-electron chi connectivity index (χ0n) is 13.3. The number of aromatic nitrogens is 4. The number of hydrogen-bond acceptors (Lipinski definition) is 6. The Bertz CT molecular complexity index is 867. The smallest absolute Gasteiger partial charge is 0.224 e. The summed E-state index contributed by atoms with van der Waals surface area (Å²) in [5.41, 5.74) is 6.78. The highest BCUT2D eigenvalue weighted by molar-refractivity contribution is 5.51. The standard InChI is InChI=1S/C17H17FN6O/c18-12-4-2-11(3-5-12)14-8-13(25)10-23(14)15-9-16(22-17(19)21-15)24-7-1-6-20-24/h1-7,9,13-14,25H,8,10H2,(H2,19,21,22)/t13-,14+/m1/s1. The highest BCUT2D eigenvalue weighted by Crippen LogP contribution is 2.36. The first-order valence-corrected chi connectivity index (χ1v) is 7.95. The molecule has 1 fully saturated rings. The van der Waals surface area contributed by atoms with E-state index in [4.69, 9.17) is 5.73 Å². The van der Waals surface area contributed by atoms with Gasteiger partial charge in [-0.1, -0.05) is 12.1 Å². The molecule has 2 aromatic heterocycles. The summed E-state index contributed by atoms with van der Waals surface area (Å²) < 4.78 is 14.8. The fourth-order valence-electron chi connectivity index (χ4n) is 3.18. The summed E-state index contributed by atoms with van der Waals surface area (Å²) in [6.07, 6.45) is 3.45. The summed E-state index contributed by atoms with van der Waals surface area (Å²) in [4.78, 5) is 10.5. The van der Waals surface area contributed by atoms with Crippen LogP contribution in [-0.4, -0.2) is 37.5 Å². The average molecular weight is 340 g/mol. The van der Waals surface area contributed by atoms with E-state index in [-0.39, 0.29) is 17.8 Å². The number of benzene rings is 1. The van der Waals surface area contributed by atoms with Gasteiger partial charge in [-0.2, -0.15) is 15.1 Å². The van der Waals surface area contributed by atoms with E-state index in [9.17, 15) is 9.50 Å². The molecule has 0 unspecified atom stereocenters. The quantitative estimate of drug-likeness (QED) is 0.754. The van der Waals surface area contributed by atoms with E-state index in [1.807, 2.05) is 4.90 Å². The Balaban J connectivity index is 1.73. The third-order valence-corrected chi connectivity index (χ3v) is 4.28. The van der Waals surface area contributed by atoms with Gasteiger partial charge < -0.3 is 15.7 Å². The van der Waals surface area contributed by atoms with Crippen molar-refractivity contribution in [1.82, 2.24) is 19.7 Å². The third kappa shape index (κ3) is 3.03. The predicted molar refractivity (Wildman–Crippen MR) is 90.7 cm³/mol. The van der Waals surface area contributed by atoms with Crippen LogP contribution in [0.3, 0.4) is 0 Å². The summed E-state index contributed by atoms with van der Waals surface area (Å²) in [6, 6.07) is 9.74. The van der Waals surface area contributed by atoms with Crippen LogP contribution >= 0.6 is 0 Å². The van der Waals surface area contributed by atoms with Gasteiger partial charge in [-0.3, -0.25) is 0 Å². The first-order chi connectivity index (χ1) is 12.1. The van der Waals surface area contributed by atoms with E-state index in [1.54, 1.807) is 41.3 Å². The molecule has 0 bridgehead atoms. The van der Waals surface area contributed by atoms with E-state index in [0.29, 0.717) is 24.6 Å². The molecule has 128 valence electrons. The van der Waals surface area contributed by atoms with Crippen molar-refractivity contribution in [1.29, 1.82) is 0 Å². The molecule has 1 aliphatic heterocycles. The summed E-state index contributed by atoms with van der Waals surface area (Å²) in [6.45, 7) is 0.414. The molecule has 4 rings (SSSR count). The molecular formula is C17H17FN6O. The number of anilines is 2. The fourth-order valence-corrected chi connectivity index (χ4v) is 3.18. The molecule has 2 atom stereocenters. The largest absolute Gasteiger partial charge is 0.391 e. The molecule has 3 N–H and O–H groups in total. The molecule has 0 spiro atoms. The van der Waals surface area contributed by atoms with E-state index in [0.717, 1.165) is 5.56 Å². The fraction of sp³-hybridized carbons (Fsp3) is 0.235. The maximum absolute atomic E-state index is 13.2. The van der Waals surface area contributed by atoms with Crippen LogP contribution in [0.1, 0.15) is 18.0 Å². The molecular weight excluding hydrogens is 323 g/mol. The number of halogens is 1. The van der Waals surface area contributed by atoms with Gasteiger partial charge in [0.1, 0.15) is 11.6 Å². The van der Waals surface area contributed by atoms with E-state index < -0.39 is 6.10 Å². The van der Waals surface area contributed by atoms with Gasteiger partial charge in [0.15, 0.2) is 5.82 Å². The topological polar surface area (TPSA) is 93.1 Å². The molecule has 0 aliphatic carbocycles. The molecule has 0 radical (unpaired) electrons. The molecule has 0 amide bonds. The number of aliphatic hydroxyl groups is 1. The van der Waals surface area contributed by atoms with Crippen LogP contribution in [0.5, 0.6) is 0 Å². The maximum atomic E-state index is 13.2. The van der Waals surface area contributed by atoms with Crippen molar-refractivity contribution in [2.24, 2.45) is 0 Å². The summed E-state index contributed by atoms with van der Waals surface area (Å²) in [5.74, 6) is 0.985. The summed E-state index contributed by atoms with van der Waals surface area (Å²) >= 11 is 0. The molecule has 8 heteroatoms. The van der Waals surface area contributed by atoms with Crippen LogP contribution in [0.4, 0.5) is 16.2 Å². The second-order valence-corrected chi connectivity index (χ2v) is 6.00. The lowest BCUT2D eigenvalue weighted by atomic mass is 10.0. The lowest BCUT2D eigenvalue weighted by Gasteiger charge is -2.26. The molecule has 3 heterocycles. The molecule has 1 saturated heterocycles. The van der Waals surface area contributed by atoms with Crippen LogP contribution in [0.2, 0.25) is 0 Å². The minimum atomic E-state index is -0.501. The van der Waals surface area contributed by atoms with Crippen LogP contribution in [-0.2, 0) is 0 Å². The highest BCUT2D eigenvalue weighted by atomic mass is 19.1. The van der Waals surface area contributed by atoms with Gasteiger partial charge in [0.25, 0.3) is 0 Å². The normalized spacial score (nSPS) is 20.2. The van der Waals surface area contributed by atoms with Crippen molar-refractivity contribution in [3.63, 3.8) is 0 Å². The second kappa shape index (κ2) is 6.14. The van der Waals surface area contributed by atoms with Gasteiger partial charge in [0.2, 0.25) is 5.95 Å². The zero-order valence-corrected chi connectivity index (χ0v) is 13.3. The molecule has 7 nitrogen and oxygen atoms in total. The van der Waals surface area contributed by atoms with Crippen molar-refractivity contribution in [2.45, 2.75) is 18.6 Å². The SMILES string of the molecule is Nc1nc(N2C[C@H](O)C[C@H]2c2ccc(F)cc2)cc(-n2cccn2)n1. The second-order valence-electron chi connectivity index (χ2n) is 6.00. The van der Waals surface area contributed by atoms with Crippen molar-refractivity contribution in [2.75, 3.05) is 17.2 Å². The molecule has 25 heavy (non-hydrogen) atoms. The van der Waals surface area contributed by atoms with E-state index >= 15 is 0 Å².